The molecule has 132 valence electrons. The first-order chi connectivity index (χ1) is 11.8. The van der Waals surface area contributed by atoms with E-state index in [0.29, 0.717) is 5.92 Å². The molecule has 0 bridgehead atoms. The molecule has 0 amide bonds. The van der Waals surface area contributed by atoms with E-state index in [1.807, 2.05) is 12.3 Å². The first kappa shape index (κ1) is 18.2. The summed E-state index contributed by atoms with van der Waals surface area (Å²) in [5, 5.41) is 0. The molecule has 1 aliphatic heterocycles. The summed E-state index contributed by atoms with van der Waals surface area (Å²) in [4.78, 5) is 7.19. The van der Waals surface area contributed by atoms with Gasteiger partial charge in [-0.3, -0.25) is 4.99 Å². The van der Waals surface area contributed by atoms with Crippen LogP contribution < -0.4 is 4.90 Å². The summed E-state index contributed by atoms with van der Waals surface area (Å²) in [6.07, 6.45) is 3.16. The average molecular weight is 399 g/mol. The summed E-state index contributed by atoms with van der Waals surface area (Å²) in [7, 11) is 0. The summed E-state index contributed by atoms with van der Waals surface area (Å²) < 4.78 is 1.12. The maximum absolute atomic E-state index is 4.66. The predicted octanol–water partition coefficient (Wildman–Crippen LogP) is 6.62. The lowest BCUT2D eigenvalue weighted by atomic mass is 9.79. The Morgan fingerprint density at radius 2 is 2.00 bits per heavy atom. The molecular formula is C22H27BrN2. The molecule has 0 N–H and O–H groups in total. The smallest absolute Gasteiger partial charge is 0.0633 e. The Hall–Kier alpha value is -1.61. The Bertz CT molecular complexity index is 808. The van der Waals surface area contributed by atoms with Gasteiger partial charge in [-0.1, -0.05) is 28.9 Å². The van der Waals surface area contributed by atoms with Gasteiger partial charge in [-0.2, -0.15) is 0 Å². The largest absolute Gasteiger partial charge is 0.366 e. The molecule has 1 unspecified atom stereocenters. The Morgan fingerprint density at radius 3 is 2.68 bits per heavy atom. The first-order valence-corrected chi connectivity index (χ1v) is 9.83. The highest BCUT2D eigenvalue weighted by atomic mass is 79.9. The van der Waals surface area contributed by atoms with Crippen LogP contribution in [0.1, 0.15) is 56.7 Å². The van der Waals surface area contributed by atoms with E-state index in [-0.39, 0.29) is 5.54 Å². The van der Waals surface area contributed by atoms with Gasteiger partial charge in [0.25, 0.3) is 0 Å². The third-order valence-corrected chi connectivity index (χ3v) is 6.12. The van der Waals surface area contributed by atoms with Crippen LogP contribution in [0.5, 0.6) is 0 Å². The molecule has 2 aromatic carbocycles. The molecule has 0 spiro atoms. The normalized spacial score (nSPS) is 19.3. The number of fused-ring (bicyclic) bond motifs is 1. The highest BCUT2D eigenvalue weighted by molar-refractivity contribution is 9.10. The fraction of sp³-hybridized carbons (Fsp3) is 0.409. The van der Waals surface area contributed by atoms with Crippen molar-refractivity contribution in [3.05, 3.63) is 57.6 Å². The highest BCUT2D eigenvalue weighted by Crippen LogP contribution is 2.43. The number of hydrogen-bond donors (Lipinski definition) is 0. The number of benzene rings is 2. The van der Waals surface area contributed by atoms with Crippen LogP contribution >= 0.6 is 15.9 Å². The van der Waals surface area contributed by atoms with Crippen LogP contribution in [0.25, 0.3) is 0 Å². The van der Waals surface area contributed by atoms with Crippen molar-refractivity contribution in [3.8, 4) is 0 Å². The lowest BCUT2D eigenvalue weighted by molar-refractivity contribution is 0.381. The molecule has 0 saturated heterocycles. The Labute approximate surface area is 160 Å². The molecule has 3 rings (SSSR count). The van der Waals surface area contributed by atoms with E-state index in [4.69, 9.17) is 0 Å². The fourth-order valence-electron chi connectivity index (χ4n) is 4.05. The number of aliphatic imine (C=N–C) groups is 1. The number of nitrogens with zero attached hydrogens (tertiary/aromatic N) is 2. The Morgan fingerprint density at radius 1 is 1.24 bits per heavy atom. The van der Waals surface area contributed by atoms with Crippen LogP contribution in [-0.2, 0) is 0 Å². The van der Waals surface area contributed by atoms with Crippen molar-refractivity contribution in [1.82, 2.24) is 0 Å². The lowest BCUT2D eigenvalue weighted by Crippen LogP contribution is -2.48. The van der Waals surface area contributed by atoms with E-state index in [0.717, 1.165) is 16.7 Å². The maximum Gasteiger partial charge on any atom is 0.0633 e. The van der Waals surface area contributed by atoms with Crippen molar-refractivity contribution in [2.24, 2.45) is 4.99 Å². The van der Waals surface area contributed by atoms with Crippen LogP contribution in [-0.4, -0.2) is 18.3 Å². The highest BCUT2D eigenvalue weighted by Gasteiger charge is 2.35. The maximum atomic E-state index is 4.66. The zero-order valence-corrected chi connectivity index (χ0v) is 17.4. The summed E-state index contributed by atoms with van der Waals surface area (Å²) in [5.74, 6) is 0.566. The molecule has 0 aliphatic carbocycles. The molecule has 0 aromatic heterocycles. The van der Waals surface area contributed by atoms with Crippen molar-refractivity contribution in [1.29, 1.82) is 0 Å². The third kappa shape index (κ3) is 3.67. The molecule has 2 aromatic rings. The number of hydrogen-bond acceptors (Lipinski definition) is 2. The van der Waals surface area contributed by atoms with Crippen molar-refractivity contribution in [2.45, 2.75) is 52.5 Å². The second-order valence-electron chi connectivity index (χ2n) is 7.67. The quantitative estimate of drug-likeness (QED) is 0.530. The third-order valence-electron chi connectivity index (χ3n) is 5.23. The summed E-state index contributed by atoms with van der Waals surface area (Å²) in [6, 6.07) is 13.0. The molecule has 1 heterocycles. The number of rotatable bonds is 3. The Balaban J connectivity index is 1.92. The van der Waals surface area contributed by atoms with Gasteiger partial charge in [-0.15, -0.1) is 0 Å². The zero-order chi connectivity index (χ0) is 18.2. The van der Waals surface area contributed by atoms with Gasteiger partial charge >= 0.3 is 0 Å². The molecule has 0 saturated carbocycles. The van der Waals surface area contributed by atoms with Gasteiger partial charge in [0.15, 0.2) is 0 Å². The van der Waals surface area contributed by atoms with Gasteiger partial charge in [0.05, 0.1) is 5.69 Å². The monoisotopic (exact) mass is 398 g/mol. The van der Waals surface area contributed by atoms with Gasteiger partial charge in [0.1, 0.15) is 0 Å². The van der Waals surface area contributed by atoms with Crippen LogP contribution in [0, 0.1) is 6.92 Å². The SMILES string of the molecule is CCN1c2ccc(C=Nc3ccc(Br)c(C)c3)cc2C(C)CC1(C)C. The minimum Gasteiger partial charge on any atom is -0.366 e. The van der Waals surface area contributed by atoms with E-state index < -0.39 is 0 Å². The molecular weight excluding hydrogens is 372 g/mol. The van der Waals surface area contributed by atoms with Crippen LogP contribution in [0.3, 0.4) is 0 Å². The van der Waals surface area contributed by atoms with E-state index in [2.05, 4.69) is 90.8 Å². The van der Waals surface area contributed by atoms with E-state index in [9.17, 15) is 0 Å². The first-order valence-electron chi connectivity index (χ1n) is 9.03. The molecule has 3 heteroatoms. The zero-order valence-electron chi connectivity index (χ0n) is 15.8. The van der Waals surface area contributed by atoms with Crippen LogP contribution in [0.2, 0.25) is 0 Å². The standard InChI is InChI=1S/C22H27BrN2/c1-6-25-21-10-7-17(12-19(21)16(3)13-22(25,4)5)14-24-18-8-9-20(23)15(2)11-18/h7-12,14,16H,6,13H2,1-5H3. The lowest BCUT2D eigenvalue weighted by Gasteiger charge is -2.47. The molecule has 0 fully saturated rings. The molecule has 1 aliphatic rings. The molecule has 1 atom stereocenters. The van der Waals surface area contributed by atoms with Crippen LogP contribution in [0.15, 0.2) is 45.9 Å². The van der Waals surface area contributed by atoms with Gasteiger partial charge in [0.2, 0.25) is 0 Å². The second-order valence-corrected chi connectivity index (χ2v) is 8.53. The fourth-order valence-corrected chi connectivity index (χ4v) is 4.29. The van der Waals surface area contributed by atoms with Crippen LogP contribution in [0.4, 0.5) is 11.4 Å². The van der Waals surface area contributed by atoms with Crippen molar-refractivity contribution >= 4 is 33.5 Å². The number of aryl methyl sites for hydroxylation is 1. The minimum atomic E-state index is 0.214. The number of halogens is 1. The summed E-state index contributed by atoms with van der Waals surface area (Å²) in [6.45, 7) is 12.4. The van der Waals surface area contributed by atoms with Gasteiger partial charge in [-0.05, 0) is 87.1 Å². The van der Waals surface area contributed by atoms with Crippen molar-refractivity contribution < 1.29 is 0 Å². The van der Waals surface area contributed by atoms with Gasteiger partial charge in [0, 0.05) is 28.5 Å². The van der Waals surface area contributed by atoms with E-state index in [1.54, 1.807) is 0 Å². The predicted molar refractivity (Wildman–Crippen MR) is 113 cm³/mol. The number of anilines is 1. The average Bonchev–Trinajstić information content (AvgIpc) is 2.56. The van der Waals surface area contributed by atoms with Gasteiger partial charge < -0.3 is 4.90 Å². The van der Waals surface area contributed by atoms with E-state index in [1.165, 1.54) is 28.8 Å². The summed E-state index contributed by atoms with van der Waals surface area (Å²) in [5.41, 5.74) is 6.39. The molecule has 2 nitrogen and oxygen atoms in total. The van der Waals surface area contributed by atoms with Crippen molar-refractivity contribution in [2.75, 3.05) is 11.4 Å². The van der Waals surface area contributed by atoms with Gasteiger partial charge in [-0.25, -0.2) is 0 Å². The molecule has 0 radical (unpaired) electrons. The topological polar surface area (TPSA) is 15.6 Å². The van der Waals surface area contributed by atoms with E-state index >= 15 is 0 Å². The summed E-state index contributed by atoms with van der Waals surface area (Å²) >= 11 is 3.54. The molecule has 25 heavy (non-hydrogen) atoms. The minimum absolute atomic E-state index is 0.214. The van der Waals surface area contributed by atoms with Crippen molar-refractivity contribution in [3.63, 3.8) is 0 Å². The second kappa shape index (κ2) is 6.95. The Kier molecular flexibility index (Phi) is 5.06.